The lowest BCUT2D eigenvalue weighted by molar-refractivity contribution is -0.384. The van der Waals surface area contributed by atoms with Crippen LogP contribution in [-0.4, -0.2) is 18.1 Å². The van der Waals surface area contributed by atoms with Gasteiger partial charge in [0.15, 0.2) is 0 Å². The fourth-order valence-electron chi connectivity index (χ4n) is 1.87. The number of nitrogens with zero attached hydrogens (tertiary/aromatic N) is 1. The molecule has 0 bridgehead atoms. The van der Waals surface area contributed by atoms with Gasteiger partial charge in [-0.25, -0.2) is 4.57 Å². The van der Waals surface area contributed by atoms with Gasteiger partial charge in [0.2, 0.25) is 0 Å². The average molecular weight is 359 g/mol. The zero-order valence-corrected chi connectivity index (χ0v) is 15.2. The number of nitro benzene ring substituents is 1. The molecule has 0 fully saturated rings. The van der Waals surface area contributed by atoms with Crippen molar-refractivity contribution in [2.24, 2.45) is 0 Å². The second-order valence-electron chi connectivity index (χ2n) is 5.37. The first kappa shape index (κ1) is 20.6. The summed E-state index contributed by atoms with van der Waals surface area (Å²) in [5.74, 6) is 0.217. The molecule has 0 N–H and O–H groups in total. The zero-order valence-electron chi connectivity index (χ0n) is 14.3. The molecule has 1 aromatic carbocycles. The first-order valence-corrected chi connectivity index (χ1v) is 9.80. The Morgan fingerprint density at radius 2 is 1.54 bits per heavy atom. The Morgan fingerprint density at radius 3 is 2.08 bits per heavy atom. The molecule has 1 unspecified atom stereocenters. The van der Waals surface area contributed by atoms with Crippen LogP contribution in [0.1, 0.15) is 52.4 Å². The minimum atomic E-state index is -3.73. The Bertz CT molecular complexity index is 534. The lowest BCUT2D eigenvalue weighted by atomic mass is 10.2. The van der Waals surface area contributed by atoms with E-state index in [1.807, 2.05) is 6.92 Å². The van der Waals surface area contributed by atoms with Crippen molar-refractivity contribution in [3.63, 3.8) is 0 Å². The van der Waals surface area contributed by atoms with Crippen LogP contribution in [-0.2, 0) is 13.6 Å². The highest BCUT2D eigenvalue weighted by molar-refractivity contribution is 7.48. The van der Waals surface area contributed by atoms with Crippen molar-refractivity contribution in [2.45, 2.75) is 52.4 Å². The first-order valence-electron chi connectivity index (χ1n) is 8.34. The second kappa shape index (κ2) is 11.2. The maximum Gasteiger partial charge on any atom is 0.530 e. The summed E-state index contributed by atoms with van der Waals surface area (Å²) in [6.07, 6.45) is 5.60. The van der Waals surface area contributed by atoms with Gasteiger partial charge in [-0.2, -0.15) is 0 Å². The molecule has 0 spiro atoms. The summed E-state index contributed by atoms with van der Waals surface area (Å²) in [6.45, 7) is 4.67. The zero-order chi connectivity index (χ0) is 17.8. The molecule has 0 aliphatic carbocycles. The molecule has 0 heterocycles. The van der Waals surface area contributed by atoms with Crippen LogP contribution in [0.15, 0.2) is 24.3 Å². The highest BCUT2D eigenvalue weighted by Gasteiger charge is 2.28. The third-order valence-corrected chi connectivity index (χ3v) is 4.69. The van der Waals surface area contributed by atoms with E-state index in [0.717, 1.165) is 38.5 Å². The molecule has 8 heteroatoms. The molecule has 0 radical (unpaired) electrons. The number of benzene rings is 1. The third kappa shape index (κ3) is 7.90. The molecule has 0 amide bonds. The molecule has 1 aromatic rings. The molecule has 24 heavy (non-hydrogen) atoms. The number of phosphoric ester groups is 1. The van der Waals surface area contributed by atoms with E-state index < -0.39 is 12.7 Å². The molecule has 0 aromatic heterocycles. The molecular weight excluding hydrogens is 333 g/mol. The molecule has 0 saturated carbocycles. The monoisotopic (exact) mass is 359 g/mol. The van der Waals surface area contributed by atoms with Gasteiger partial charge in [0, 0.05) is 12.1 Å². The Kier molecular flexibility index (Phi) is 9.60. The maximum atomic E-state index is 12.7. The van der Waals surface area contributed by atoms with Crippen LogP contribution in [0.2, 0.25) is 0 Å². The number of rotatable bonds is 13. The molecule has 136 valence electrons. The predicted molar refractivity (Wildman–Crippen MR) is 92.3 cm³/mol. The van der Waals surface area contributed by atoms with Crippen LogP contribution in [0.5, 0.6) is 5.75 Å². The topological polar surface area (TPSA) is 87.9 Å². The van der Waals surface area contributed by atoms with E-state index in [2.05, 4.69) is 6.92 Å². The van der Waals surface area contributed by atoms with Crippen molar-refractivity contribution in [3.8, 4) is 5.75 Å². The lowest BCUT2D eigenvalue weighted by Gasteiger charge is -2.18. The third-order valence-electron chi connectivity index (χ3n) is 3.26. The SMILES string of the molecule is CCCCCCOP(=O)(OCCCC)Oc1ccc([N+](=O)[O-])cc1. The van der Waals surface area contributed by atoms with E-state index in [0.29, 0.717) is 0 Å². The molecular formula is C16H26NO6P. The van der Waals surface area contributed by atoms with Crippen LogP contribution in [0.25, 0.3) is 0 Å². The Balaban J connectivity index is 2.65. The van der Waals surface area contributed by atoms with Crippen LogP contribution >= 0.6 is 7.82 Å². The summed E-state index contributed by atoms with van der Waals surface area (Å²) in [5.41, 5.74) is -0.0652. The van der Waals surface area contributed by atoms with Gasteiger partial charge in [-0.15, -0.1) is 0 Å². The number of non-ortho nitro benzene ring substituents is 1. The van der Waals surface area contributed by atoms with Gasteiger partial charge in [-0.3, -0.25) is 19.2 Å². The molecule has 1 atom stereocenters. The molecule has 0 aliphatic rings. The van der Waals surface area contributed by atoms with Crippen molar-refractivity contribution in [2.75, 3.05) is 13.2 Å². The average Bonchev–Trinajstić information content (AvgIpc) is 2.55. The highest BCUT2D eigenvalue weighted by atomic mass is 31.2. The van der Waals surface area contributed by atoms with Crippen molar-refractivity contribution >= 4 is 13.5 Å². The number of phosphoric acid groups is 1. The van der Waals surface area contributed by atoms with Gasteiger partial charge in [0.25, 0.3) is 5.69 Å². The molecule has 0 aliphatic heterocycles. The number of hydrogen-bond donors (Lipinski definition) is 0. The van der Waals surface area contributed by atoms with Crippen LogP contribution in [0.4, 0.5) is 5.69 Å². The van der Waals surface area contributed by atoms with E-state index in [1.54, 1.807) is 0 Å². The number of hydrogen-bond acceptors (Lipinski definition) is 6. The minimum Gasteiger partial charge on any atom is -0.404 e. The molecule has 0 saturated heterocycles. The van der Waals surface area contributed by atoms with E-state index in [1.165, 1.54) is 24.3 Å². The van der Waals surface area contributed by atoms with Crippen LogP contribution in [0.3, 0.4) is 0 Å². The van der Waals surface area contributed by atoms with Gasteiger partial charge in [-0.05, 0) is 25.0 Å². The minimum absolute atomic E-state index is 0.0652. The highest BCUT2D eigenvalue weighted by Crippen LogP contribution is 2.50. The summed E-state index contributed by atoms with van der Waals surface area (Å²) in [5, 5.41) is 10.7. The quantitative estimate of drug-likeness (QED) is 0.200. The van der Waals surface area contributed by atoms with E-state index >= 15 is 0 Å². The Labute approximate surface area is 143 Å². The number of unbranched alkanes of at least 4 members (excludes halogenated alkanes) is 4. The predicted octanol–water partition coefficient (Wildman–Crippen LogP) is 5.50. The summed E-state index contributed by atoms with van der Waals surface area (Å²) in [7, 11) is -3.73. The van der Waals surface area contributed by atoms with E-state index in [9.17, 15) is 14.7 Å². The van der Waals surface area contributed by atoms with Crippen molar-refractivity contribution < 1.29 is 23.1 Å². The smallest absolute Gasteiger partial charge is 0.404 e. The van der Waals surface area contributed by atoms with Crippen LogP contribution < -0.4 is 4.52 Å². The second-order valence-corrected chi connectivity index (χ2v) is 6.96. The number of nitro groups is 1. The first-order chi connectivity index (χ1) is 11.5. The lowest BCUT2D eigenvalue weighted by Crippen LogP contribution is -2.05. The van der Waals surface area contributed by atoms with E-state index in [-0.39, 0.29) is 24.7 Å². The van der Waals surface area contributed by atoms with Gasteiger partial charge >= 0.3 is 7.82 Å². The van der Waals surface area contributed by atoms with Gasteiger partial charge < -0.3 is 4.52 Å². The fraction of sp³-hybridized carbons (Fsp3) is 0.625. The standard InChI is InChI=1S/C16H26NO6P/c1-3-5-7-8-14-22-24(20,21-13-6-4-2)23-16-11-9-15(10-12-16)17(18)19/h9-12H,3-8,13-14H2,1-2H3. The summed E-state index contributed by atoms with van der Waals surface area (Å²) >= 11 is 0. The molecule has 7 nitrogen and oxygen atoms in total. The van der Waals surface area contributed by atoms with Gasteiger partial charge in [-0.1, -0.05) is 39.5 Å². The van der Waals surface area contributed by atoms with Crippen LogP contribution in [0, 0.1) is 10.1 Å². The van der Waals surface area contributed by atoms with Gasteiger partial charge in [0.1, 0.15) is 5.75 Å². The normalized spacial score (nSPS) is 13.4. The summed E-state index contributed by atoms with van der Waals surface area (Å²) in [6, 6.07) is 5.34. The molecule has 1 rings (SSSR count). The Hall–Kier alpha value is -1.43. The van der Waals surface area contributed by atoms with Crippen molar-refractivity contribution in [1.29, 1.82) is 0 Å². The van der Waals surface area contributed by atoms with Crippen molar-refractivity contribution in [1.82, 2.24) is 0 Å². The van der Waals surface area contributed by atoms with E-state index in [4.69, 9.17) is 13.6 Å². The van der Waals surface area contributed by atoms with Gasteiger partial charge in [0.05, 0.1) is 18.1 Å². The fourth-order valence-corrected chi connectivity index (χ4v) is 3.14. The van der Waals surface area contributed by atoms with Crippen molar-refractivity contribution in [3.05, 3.63) is 34.4 Å². The summed E-state index contributed by atoms with van der Waals surface area (Å²) in [4.78, 5) is 10.2. The maximum absolute atomic E-state index is 12.7. The summed E-state index contributed by atoms with van der Waals surface area (Å²) < 4.78 is 28.8. The Morgan fingerprint density at radius 1 is 0.958 bits per heavy atom. The largest absolute Gasteiger partial charge is 0.530 e.